The minimum Gasteiger partial charge on any atom is -0.348 e. The molecule has 4 rings (SSSR count). The summed E-state index contributed by atoms with van der Waals surface area (Å²) < 4.78 is 23.5. The number of nitrogens with two attached hydrogens (primary N) is 1. The number of aryl methyl sites for hydroxylation is 1. The van der Waals surface area contributed by atoms with E-state index in [2.05, 4.69) is 17.4 Å². The fourth-order valence-corrected chi connectivity index (χ4v) is 4.56. The molecule has 1 amide bonds. The second-order valence-electron chi connectivity index (χ2n) is 6.64. The molecule has 2 aromatic rings. The summed E-state index contributed by atoms with van der Waals surface area (Å²) in [6, 6.07) is 12.9. The first-order valence-electron chi connectivity index (χ1n) is 7.88. The molecule has 0 aliphatic heterocycles. The summed E-state index contributed by atoms with van der Waals surface area (Å²) >= 11 is 0. The number of rotatable bonds is 3. The van der Waals surface area contributed by atoms with Gasteiger partial charge in [-0.15, -0.1) is 0 Å². The lowest BCUT2D eigenvalue weighted by Crippen LogP contribution is -2.30. The van der Waals surface area contributed by atoms with Gasteiger partial charge in [0, 0.05) is 12.0 Å². The number of amides is 1. The quantitative estimate of drug-likeness (QED) is 0.890. The normalized spacial score (nSPS) is 24.2. The van der Waals surface area contributed by atoms with E-state index < -0.39 is 10.0 Å². The van der Waals surface area contributed by atoms with E-state index in [0.717, 1.165) is 12.0 Å². The zero-order chi connectivity index (χ0) is 17.1. The second-order valence-corrected chi connectivity index (χ2v) is 8.17. The summed E-state index contributed by atoms with van der Waals surface area (Å²) in [6.07, 6.45) is 0.960. The first-order valence-corrected chi connectivity index (χ1v) is 9.43. The molecule has 2 aliphatic rings. The number of fused-ring (bicyclic) bond motifs is 3. The number of hydrogen-bond acceptors (Lipinski definition) is 3. The molecule has 0 heterocycles. The summed E-state index contributed by atoms with van der Waals surface area (Å²) in [5.74, 6) is 0.376. The van der Waals surface area contributed by atoms with Crippen molar-refractivity contribution in [3.05, 3.63) is 64.7 Å². The van der Waals surface area contributed by atoms with Gasteiger partial charge in [-0.1, -0.05) is 35.9 Å². The minimum absolute atomic E-state index is 0.0706. The van der Waals surface area contributed by atoms with Crippen LogP contribution in [0.4, 0.5) is 0 Å². The standard InChI is InChI=1S/C18H18N2O3S/c1-10-6-7-15(24(19,22)23)13(8-10)18(21)20-17-14-9-11-4-2-3-5-12(11)16(14)17/h2-8,14,16-17H,9H2,1H3,(H,20,21)(H2,19,22,23)/t14-,16+,17+/m0/s1. The topological polar surface area (TPSA) is 89.3 Å². The molecule has 3 atom stereocenters. The van der Waals surface area contributed by atoms with Gasteiger partial charge in [-0.25, -0.2) is 13.6 Å². The van der Waals surface area contributed by atoms with Crippen LogP contribution < -0.4 is 10.5 Å². The Morgan fingerprint density at radius 3 is 2.71 bits per heavy atom. The van der Waals surface area contributed by atoms with Gasteiger partial charge in [0.15, 0.2) is 0 Å². The van der Waals surface area contributed by atoms with Crippen LogP contribution in [0.25, 0.3) is 0 Å². The van der Waals surface area contributed by atoms with E-state index in [-0.39, 0.29) is 22.4 Å². The number of hydrogen-bond donors (Lipinski definition) is 2. The highest BCUT2D eigenvalue weighted by Crippen LogP contribution is 2.56. The van der Waals surface area contributed by atoms with Crippen molar-refractivity contribution in [2.24, 2.45) is 11.1 Å². The average Bonchev–Trinajstić information content (AvgIpc) is 3.03. The van der Waals surface area contributed by atoms with Crippen LogP contribution in [0.1, 0.15) is 33.0 Å². The lowest BCUT2D eigenvalue weighted by atomic mass is 10.0. The smallest absolute Gasteiger partial charge is 0.252 e. The van der Waals surface area contributed by atoms with Crippen LogP contribution >= 0.6 is 0 Å². The summed E-state index contributed by atoms with van der Waals surface area (Å²) in [6.45, 7) is 1.81. The van der Waals surface area contributed by atoms with Crippen LogP contribution in [-0.2, 0) is 16.4 Å². The monoisotopic (exact) mass is 342 g/mol. The number of primary sulfonamides is 1. The largest absolute Gasteiger partial charge is 0.348 e. The number of carbonyl (C=O) groups excluding carboxylic acids is 1. The molecule has 24 heavy (non-hydrogen) atoms. The molecule has 0 unspecified atom stereocenters. The molecule has 6 heteroatoms. The van der Waals surface area contributed by atoms with Crippen molar-refractivity contribution >= 4 is 15.9 Å². The van der Waals surface area contributed by atoms with Gasteiger partial charge >= 0.3 is 0 Å². The summed E-state index contributed by atoms with van der Waals surface area (Å²) in [5.41, 5.74) is 3.58. The maximum absolute atomic E-state index is 12.6. The number of benzene rings is 2. The zero-order valence-electron chi connectivity index (χ0n) is 13.2. The van der Waals surface area contributed by atoms with Crippen LogP contribution in [0.2, 0.25) is 0 Å². The van der Waals surface area contributed by atoms with E-state index in [4.69, 9.17) is 5.14 Å². The molecular formula is C18H18N2O3S. The van der Waals surface area contributed by atoms with E-state index in [0.29, 0.717) is 11.8 Å². The Labute approximate surface area is 140 Å². The van der Waals surface area contributed by atoms with Crippen molar-refractivity contribution in [3.63, 3.8) is 0 Å². The molecule has 1 fully saturated rings. The molecule has 3 N–H and O–H groups in total. The first-order chi connectivity index (χ1) is 11.4. The molecule has 5 nitrogen and oxygen atoms in total. The Balaban J connectivity index is 1.59. The van der Waals surface area contributed by atoms with Gasteiger partial charge in [0.25, 0.3) is 5.91 Å². The lowest BCUT2D eigenvalue weighted by Gasteiger charge is -2.12. The fourth-order valence-electron chi connectivity index (χ4n) is 3.85. The molecule has 124 valence electrons. The highest BCUT2D eigenvalue weighted by molar-refractivity contribution is 7.89. The SMILES string of the molecule is Cc1ccc(S(N)(=O)=O)c(C(=O)N[C@@H]2[C@H]3Cc4ccccc4[C@H]32)c1. The predicted molar refractivity (Wildman–Crippen MR) is 90.2 cm³/mol. The average molecular weight is 342 g/mol. The molecule has 0 radical (unpaired) electrons. The van der Waals surface area contributed by atoms with Gasteiger partial charge in [0.1, 0.15) is 0 Å². The van der Waals surface area contributed by atoms with Gasteiger partial charge in [-0.2, -0.15) is 0 Å². The lowest BCUT2D eigenvalue weighted by molar-refractivity contribution is 0.0944. The van der Waals surface area contributed by atoms with Crippen molar-refractivity contribution in [1.82, 2.24) is 5.32 Å². The Kier molecular flexibility index (Phi) is 3.30. The molecule has 2 aromatic carbocycles. The molecule has 0 saturated heterocycles. The Morgan fingerprint density at radius 2 is 1.96 bits per heavy atom. The van der Waals surface area contributed by atoms with Crippen molar-refractivity contribution in [2.45, 2.75) is 30.2 Å². The van der Waals surface area contributed by atoms with Gasteiger partial charge in [-0.05, 0) is 42.5 Å². The molecule has 0 aromatic heterocycles. The van der Waals surface area contributed by atoms with Crippen molar-refractivity contribution in [2.75, 3.05) is 0 Å². The highest BCUT2D eigenvalue weighted by Gasteiger charge is 2.56. The van der Waals surface area contributed by atoms with E-state index in [9.17, 15) is 13.2 Å². The van der Waals surface area contributed by atoms with E-state index in [1.165, 1.54) is 17.2 Å². The fraction of sp³-hybridized carbons (Fsp3) is 0.278. The summed E-state index contributed by atoms with van der Waals surface area (Å²) in [4.78, 5) is 12.5. The third-order valence-electron chi connectivity index (χ3n) is 5.02. The van der Waals surface area contributed by atoms with Crippen LogP contribution in [-0.4, -0.2) is 20.4 Å². The Bertz CT molecular complexity index is 952. The molecule has 0 bridgehead atoms. The van der Waals surface area contributed by atoms with Gasteiger partial charge < -0.3 is 5.32 Å². The van der Waals surface area contributed by atoms with Gasteiger partial charge in [0.05, 0.1) is 10.5 Å². The van der Waals surface area contributed by atoms with Crippen LogP contribution in [0.5, 0.6) is 0 Å². The molecular weight excluding hydrogens is 324 g/mol. The Hall–Kier alpha value is -2.18. The number of nitrogens with one attached hydrogen (secondary N) is 1. The number of carbonyl (C=O) groups is 1. The maximum atomic E-state index is 12.6. The van der Waals surface area contributed by atoms with Crippen LogP contribution in [0.15, 0.2) is 47.4 Å². The minimum atomic E-state index is -3.94. The molecule has 0 spiro atoms. The predicted octanol–water partition coefficient (Wildman–Crippen LogP) is 1.71. The molecule has 2 aliphatic carbocycles. The van der Waals surface area contributed by atoms with Crippen molar-refractivity contribution < 1.29 is 13.2 Å². The first kappa shape index (κ1) is 15.4. The molecule has 1 saturated carbocycles. The third-order valence-corrected chi connectivity index (χ3v) is 5.99. The second kappa shape index (κ2) is 5.16. The summed E-state index contributed by atoms with van der Waals surface area (Å²) in [5, 5.41) is 8.23. The van der Waals surface area contributed by atoms with E-state index in [1.54, 1.807) is 12.1 Å². The maximum Gasteiger partial charge on any atom is 0.252 e. The van der Waals surface area contributed by atoms with E-state index >= 15 is 0 Å². The van der Waals surface area contributed by atoms with Gasteiger partial charge in [-0.3, -0.25) is 4.79 Å². The Morgan fingerprint density at radius 1 is 1.21 bits per heavy atom. The van der Waals surface area contributed by atoms with Gasteiger partial charge in [0.2, 0.25) is 10.0 Å². The zero-order valence-corrected chi connectivity index (χ0v) is 14.0. The summed E-state index contributed by atoms with van der Waals surface area (Å²) in [7, 11) is -3.94. The van der Waals surface area contributed by atoms with E-state index in [1.807, 2.05) is 19.1 Å². The van der Waals surface area contributed by atoms with Crippen molar-refractivity contribution in [3.8, 4) is 0 Å². The third kappa shape index (κ3) is 2.42. The number of sulfonamides is 1. The van der Waals surface area contributed by atoms with Crippen LogP contribution in [0.3, 0.4) is 0 Å². The van der Waals surface area contributed by atoms with Crippen molar-refractivity contribution in [1.29, 1.82) is 0 Å². The van der Waals surface area contributed by atoms with Crippen LogP contribution in [0, 0.1) is 12.8 Å². The highest BCUT2D eigenvalue weighted by atomic mass is 32.2.